The van der Waals surface area contributed by atoms with E-state index in [0.717, 1.165) is 57.1 Å². The van der Waals surface area contributed by atoms with Gasteiger partial charge in [-0.25, -0.2) is 4.99 Å². The molecule has 0 aromatic carbocycles. The quantitative estimate of drug-likeness (QED) is 0.335. The van der Waals surface area contributed by atoms with Gasteiger partial charge in [0.1, 0.15) is 5.76 Å². The Morgan fingerprint density at radius 2 is 2.15 bits per heavy atom. The summed E-state index contributed by atoms with van der Waals surface area (Å²) in [6, 6.07) is 8.28. The minimum Gasteiger partial charge on any atom is -0.469 e. The minimum absolute atomic E-state index is 0. The van der Waals surface area contributed by atoms with Crippen molar-refractivity contribution in [3.05, 3.63) is 46.0 Å². The maximum Gasteiger partial charge on any atom is 0.191 e. The first-order valence-electron chi connectivity index (χ1n) is 9.07. The topological polar surface area (TPSA) is 58.8 Å². The SMILES string of the molecule is CCc1ccc(CN=C(NCCc2ccco2)NCC2CCCO2)s1.I. The van der Waals surface area contributed by atoms with E-state index in [1.165, 1.54) is 9.75 Å². The van der Waals surface area contributed by atoms with Crippen LogP contribution in [0.3, 0.4) is 0 Å². The van der Waals surface area contributed by atoms with Crippen molar-refractivity contribution in [1.82, 2.24) is 10.6 Å². The number of nitrogens with zero attached hydrogens (tertiary/aromatic N) is 1. The summed E-state index contributed by atoms with van der Waals surface area (Å²) < 4.78 is 11.1. The molecule has 2 aromatic heterocycles. The number of ether oxygens (including phenoxy) is 1. The number of furan rings is 1. The second-order valence-corrected chi connectivity index (χ2v) is 7.41. The van der Waals surface area contributed by atoms with E-state index in [0.29, 0.717) is 12.6 Å². The van der Waals surface area contributed by atoms with E-state index in [4.69, 9.17) is 14.1 Å². The third kappa shape index (κ3) is 6.92. The summed E-state index contributed by atoms with van der Waals surface area (Å²) >= 11 is 1.84. The first-order chi connectivity index (χ1) is 12.3. The van der Waals surface area contributed by atoms with Crippen LogP contribution in [0, 0.1) is 0 Å². The molecule has 0 aliphatic carbocycles. The molecular weight excluding hydrogens is 461 g/mol. The van der Waals surface area contributed by atoms with Crippen LogP contribution in [0.25, 0.3) is 0 Å². The summed E-state index contributed by atoms with van der Waals surface area (Å²) in [7, 11) is 0. The molecule has 2 aromatic rings. The summed E-state index contributed by atoms with van der Waals surface area (Å²) in [4.78, 5) is 7.44. The molecule has 3 heterocycles. The van der Waals surface area contributed by atoms with E-state index in [9.17, 15) is 0 Å². The summed E-state index contributed by atoms with van der Waals surface area (Å²) in [6.45, 7) is 5.35. The number of nitrogens with one attached hydrogen (secondary N) is 2. The lowest BCUT2D eigenvalue weighted by Gasteiger charge is -2.15. The fourth-order valence-corrected chi connectivity index (χ4v) is 3.69. The van der Waals surface area contributed by atoms with Gasteiger partial charge in [0.15, 0.2) is 5.96 Å². The molecule has 144 valence electrons. The molecule has 1 aliphatic rings. The van der Waals surface area contributed by atoms with Crippen molar-refractivity contribution in [2.75, 3.05) is 19.7 Å². The van der Waals surface area contributed by atoms with Gasteiger partial charge in [-0.15, -0.1) is 35.3 Å². The number of thiophene rings is 1. The van der Waals surface area contributed by atoms with Crippen LogP contribution < -0.4 is 10.6 Å². The molecule has 1 fully saturated rings. The maximum absolute atomic E-state index is 5.69. The summed E-state index contributed by atoms with van der Waals surface area (Å²) in [5.41, 5.74) is 0. The van der Waals surface area contributed by atoms with Gasteiger partial charge in [0.25, 0.3) is 0 Å². The van der Waals surface area contributed by atoms with Gasteiger partial charge in [0.2, 0.25) is 0 Å². The van der Waals surface area contributed by atoms with Crippen molar-refractivity contribution in [1.29, 1.82) is 0 Å². The van der Waals surface area contributed by atoms with Crippen LogP contribution >= 0.6 is 35.3 Å². The lowest BCUT2D eigenvalue weighted by molar-refractivity contribution is 0.114. The highest BCUT2D eigenvalue weighted by atomic mass is 127. The third-order valence-electron chi connectivity index (χ3n) is 4.22. The molecule has 0 bridgehead atoms. The number of guanidine groups is 1. The Labute approximate surface area is 176 Å². The summed E-state index contributed by atoms with van der Waals surface area (Å²) in [6.07, 6.45) is 6.21. The van der Waals surface area contributed by atoms with E-state index in [1.807, 2.05) is 23.5 Å². The predicted molar refractivity (Wildman–Crippen MR) is 118 cm³/mol. The number of aryl methyl sites for hydroxylation is 1. The smallest absolute Gasteiger partial charge is 0.191 e. The number of aliphatic imine (C=N–C) groups is 1. The maximum atomic E-state index is 5.69. The van der Waals surface area contributed by atoms with Crippen LogP contribution in [-0.2, 0) is 24.1 Å². The molecule has 1 atom stereocenters. The van der Waals surface area contributed by atoms with Gasteiger partial charge in [0.05, 0.1) is 18.9 Å². The fourth-order valence-electron chi connectivity index (χ4n) is 2.80. The van der Waals surface area contributed by atoms with Crippen molar-refractivity contribution in [2.24, 2.45) is 4.99 Å². The van der Waals surface area contributed by atoms with Gasteiger partial charge in [-0.2, -0.15) is 0 Å². The molecule has 7 heteroatoms. The average Bonchev–Trinajstić information content (AvgIpc) is 3.39. The molecule has 0 radical (unpaired) electrons. The van der Waals surface area contributed by atoms with Crippen molar-refractivity contribution in [3.8, 4) is 0 Å². The normalized spacial score (nSPS) is 17.1. The van der Waals surface area contributed by atoms with Gasteiger partial charge in [-0.05, 0) is 43.5 Å². The molecule has 0 saturated carbocycles. The predicted octanol–water partition coefficient (Wildman–Crippen LogP) is 3.98. The molecule has 0 spiro atoms. The van der Waals surface area contributed by atoms with Crippen molar-refractivity contribution >= 4 is 41.3 Å². The van der Waals surface area contributed by atoms with Crippen LogP contribution in [0.15, 0.2) is 39.9 Å². The van der Waals surface area contributed by atoms with Gasteiger partial charge >= 0.3 is 0 Å². The highest BCUT2D eigenvalue weighted by Gasteiger charge is 2.15. The molecule has 2 N–H and O–H groups in total. The molecular formula is C19H28IN3O2S. The minimum atomic E-state index is 0. The van der Waals surface area contributed by atoms with Crippen LogP contribution in [0.1, 0.15) is 35.3 Å². The van der Waals surface area contributed by atoms with Gasteiger partial charge in [-0.1, -0.05) is 6.92 Å². The lowest BCUT2D eigenvalue weighted by Crippen LogP contribution is -2.41. The Hall–Kier alpha value is -1.06. The van der Waals surface area contributed by atoms with E-state index in [2.05, 4.69) is 29.7 Å². The zero-order valence-corrected chi connectivity index (χ0v) is 18.3. The molecule has 1 aliphatic heterocycles. The number of hydrogen-bond donors (Lipinski definition) is 2. The highest BCUT2D eigenvalue weighted by Crippen LogP contribution is 2.17. The molecule has 1 unspecified atom stereocenters. The third-order valence-corrected chi connectivity index (χ3v) is 5.44. The summed E-state index contributed by atoms with van der Waals surface area (Å²) in [5, 5.41) is 6.82. The molecule has 3 rings (SSSR count). The van der Waals surface area contributed by atoms with Crippen LogP contribution in [0.2, 0.25) is 0 Å². The van der Waals surface area contributed by atoms with Crippen molar-refractivity contribution in [3.63, 3.8) is 0 Å². The zero-order valence-electron chi connectivity index (χ0n) is 15.2. The van der Waals surface area contributed by atoms with E-state index in [-0.39, 0.29) is 24.0 Å². The second-order valence-electron chi connectivity index (χ2n) is 6.16. The van der Waals surface area contributed by atoms with E-state index < -0.39 is 0 Å². The second kappa shape index (κ2) is 11.6. The standard InChI is InChI=1S/C19H27N3O2S.HI/c1-2-17-7-8-18(25-17)14-22-19(21-13-16-6-4-12-24-16)20-10-9-15-5-3-11-23-15;/h3,5,7-8,11,16H,2,4,6,9-10,12-14H2,1H3,(H2,20,21,22);1H. The van der Waals surface area contributed by atoms with Crippen LogP contribution in [0.4, 0.5) is 0 Å². The number of halogens is 1. The molecule has 26 heavy (non-hydrogen) atoms. The Morgan fingerprint density at radius 3 is 2.85 bits per heavy atom. The zero-order chi connectivity index (χ0) is 17.3. The first-order valence-corrected chi connectivity index (χ1v) is 9.89. The van der Waals surface area contributed by atoms with Crippen molar-refractivity contribution < 1.29 is 9.15 Å². The van der Waals surface area contributed by atoms with E-state index in [1.54, 1.807) is 6.26 Å². The molecule has 1 saturated heterocycles. The lowest BCUT2D eigenvalue weighted by atomic mass is 10.2. The number of hydrogen-bond acceptors (Lipinski definition) is 4. The Kier molecular flexibility index (Phi) is 9.49. The molecule has 0 amide bonds. The van der Waals surface area contributed by atoms with Gasteiger partial charge < -0.3 is 19.8 Å². The highest BCUT2D eigenvalue weighted by molar-refractivity contribution is 14.0. The Bertz CT molecular complexity index is 652. The summed E-state index contributed by atoms with van der Waals surface area (Å²) in [5.74, 6) is 1.82. The largest absolute Gasteiger partial charge is 0.469 e. The first kappa shape index (κ1) is 21.2. The van der Waals surface area contributed by atoms with Crippen LogP contribution in [0.5, 0.6) is 0 Å². The van der Waals surface area contributed by atoms with Crippen LogP contribution in [-0.4, -0.2) is 31.8 Å². The van der Waals surface area contributed by atoms with E-state index >= 15 is 0 Å². The number of rotatable bonds is 8. The monoisotopic (exact) mass is 489 g/mol. The molecule has 5 nitrogen and oxygen atoms in total. The Balaban J connectivity index is 0.00000243. The van der Waals surface area contributed by atoms with Gasteiger partial charge in [0, 0.05) is 35.9 Å². The van der Waals surface area contributed by atoms with Gasteiger partial charge in [-0.3, -0.25) is 0 Å². The Morgan fingerprint density at radius 1 is 1.27 bits per heavy atom. The fraction of sp³-hybridized carbons (Fsp3) is 0.526. The average molecular weight is 489 g/mol. The van der Waals surface area contributed by atoms with Crippen molar-refractivity contribution in [2.45, 2.75) is 45.3 Å².